The van der Waals surface area contributed by atoms with Gasteiger partial charge in [-0.05, 0) is 25.5 Å². The third-order valence-electron chi connectivity index (χ3n) is 4.07. The van der Waals surface area contributed by atoms with E-state index in [2.05, 4.69) is 4.98 Å². The van der Waals surface area contributed by atoms with Crippen LogP contribution in [0.25, 0.3) is 20.3 Å². The molecular weight excluding hydrogens is 296 g/mol. The highest BCUT2D eigenvalue weighted by Gasteiger charge is 2.17. The predicted octanol–water partition coefficient (Wildman–Crippen LogP) is 3.50. The van der Waals surface area contributed by atoms with Gasteiger partial charge in [0.1, 0.15) is 16.0 Å². The van der Waals surface area contributed by atoms with Crippen LogP contribution in [0.4, 0.5) is 0 Å². The van der Waals surface area contributed by atoms with Crippen LogP contribution in [-0.2, 0) is 6.42 Å². The number of hydrogen-bond acceptors (Lipinski definition) is 4. The van der Waals surface area contributed by atoms with Crippen molar-refractivity contribution in [1.82, 2.24) is 9.55 Å². The zero-order valence-corrected chi connectivity index (χ0v) is 13.7. The molecule has 4 nitrogen and oxygen atoms in total. The number of nitrogens with zero attached hydrogens (tertiary/aromatic N) is 2. The van der Waals surface area contributed by atoms with Gasteiger partial charge in [0.15, 0.2) is 0 Å². The van der Waals surface area contributed by atoms with Gasteiger partial charge in [0.05, 0.1) is 0 Å². The SMILES string of the molecule is CCc1nc2sc3ccccc3c(=O)c2c(=O)n1[C@H](C)CC. The smallest absolute Gasteiger partial charge is 0.266 e. The number of aryl methyl sites for hydroxylation is 1. The fraction of sp³-hybridized carbons (Fsp3) is 0.353. The second-order valence-corrected chi connectivity index (χ2v) is 6.45. The molecule has 0 saturated carbocycles. The Labute approximate surface area is 132 Å². The first kappa shape index (κ1) is 14.9. The Balaban J connectivity index is 2.53. The lowest BCUT2D eigenvalue weighted by atomic mass is 10.2. The van der Waals surface area contributed by atoms with Crippen LogP contribution in [0.15, 0.2) is 33.9 Å². The van der Waals surface area contributed by atoms with E-state index in [1.807, 2.05) is 39.0 Å². The van der Waals surface area contributed by atoms with E-state index in [1.165, 1.54) is 11.3 Å². The molecule has 0 aliphatic heterocycles. The molecule has 0 radical (unpaired) electrons. The topological polar surface area (TPSA) is 52.0 Å². The van der Waals surface area contributed by atoms with Crippen LogP contribution in [0, 0.1) is 0 Å². The van der Waals surface area contributed by atoms with Crippen molar-refractivity contribution in [3.05, 3.63) is 50.7 Å². The van der Waals surface area contributed by atoms with E-state index in [9.17, 15) is 9.59 Å². The van der Waals surface area contributed by atoms with Crippen molar-refractivity contribution in [1.29, 1.82) is 0 Å². The van der Waals surface area contributed by atoms with Gasteiger partial charge in [-0.1, -0.05) is 26.0 Å². The largest absolute Gasteiger partial charge is 0.293 e. The maximum Gasteiger partial charge on any atom is 0.266 e. The molecule has 0 N–H and O–H groups in total. The Bertz CT molecular complexity index is 972. The fourth-order valence-electron chi connectivity index (χ4n) is 2.69. The van der Waals surface area contributed by atoms with Crippen molar-refractivity contribution in [2.24, 2.45) is 0 Å². The van der Waals surface area contributed by atoms with Crippen molar-refractivity contribution in [3.8, 4) is 0 Å². The summed E-state index contributed by atoms with van der Waals surface area (Å²) in [6.07, 6.45) is 1.49. The molecule has 3 rings (SSSR count). The molecule has 0 saturated heterocycles. The van der Waals surface area contributed by atoms with Crippen molar-refractivity contribution >= 4 is 31.6 Å². The van der Waals surface area contributed by atoms with Gasteiger partial charge in [-0.2, -0.15) is 0 Å². The molecule has 2 heterocycles. The van der Waals surface area contributed by atoms with Crippen LogP contribution in [0.1, 0.15) is 39.1 Å². The molecule has 114 valence electrons. The summed E-state index contributed by atoms with van der Waals surface area (Å²) >= 11 is 1.41. The summed E-state index contributed by atoms with van der Waals surface area (Å²) in [5, 5.41) is 0.819. The van der Waals surface area contributed by atoms with E-state index in [4.69, 9.17) is 0 Å². The van der Waals surface area contributed by atoms with E-state index < -0.39 is 0 Å². The highest BCUT2D eigenvalue weighted by molar-refractivity contribution is 7.24. The first-order valence-corrected chi connectivity index (χ1v) is 8.37. The van der Waals surface area contributed by atoms with Gasteiger partial charge in [0.2, 0.25) is 5.43 Å². The van der Waals surface area contributed by atoms with Gasteiger partial charge in [0, 0.05) is 22.5 Å². The zero-order valence-electron chi connectivity index (χ0n) is 12.9. The maximum atomic E-state index is 12.9. The summed E-state index contributed by atoms with van der Waals surface area (Å²) in [5.74, 6) is 0.748. The molecule has 1 atom stereocenters. The lowest BCUT2D eigenvalue weighted by Gasteiger charge is -2.17. The maximum absolute atomic E-state index is 12.9. The second kappa shape index (κ2) is 5.65. The summed E-state index contributed by atoms with van der Waals surface area (Å²) in [5.41, 5.74) is -0.412. The molecule has 0 fully saturated rings. The number of rotatable bonds is 3. The number of fused-ring (bicyclic) bond motifs is 2. The summed E-state index contributed by atoms with van der Waals surface area (Å²) in [7, 11) is 0. The lowest BCUT2D eigenvalue weighted by Crippen LogP contribution is -2.30. The number of hydrogen-bond donors (Lipinski definition) is 0. The third kappa shape index (κ3) is 2.16. The first-order chi connectivity index (χ1) is 10.6. The minimum atomic E-state index is -0.207. The molecule has 2 aromatic heterocycles. The highest BCUT2D eigenvalue weighted by atomic mass is 32.1. The van der Waals surface area contributed by atoms with Crippen molar-refractivity contribution < 1.29 is 0 Å². The van der Waals surface area contributed by atoms with Crippen molar-refractivity contribution in [3.63, 3.8) is 0 Å². The van der Waals surface area contributed by atoms with E-state index in [-0.39, 0.29) is 22.4 Å². The Morgan fingerprint density at radius 2 is 1.95 bits per heavy atom. The predicted molar refractivity (Wildman–Crippen MR) is 92.0 cm³/mol. The van der Waals surface area contributed by atoms with Gasteiger partial charge in [-0.3, -0.25) is 14.2 Å². The molecule has 22 heavy (non-hydrogen) atoms. The molecule has 0 bridgehead atoms. The number of benzene rings is 1. The van der Waals surface area contributed by atoms with Crippen LogP contribution in [-0.4, -0.2) is 9.55 Å². The van der Waals surface area contributed by atoms with Gasteiger partial charge < -0.3 is 0 Å². The van der Waals surface area contributed by atoms with E-state index in [0.717, 1.165) is 16.9 Å². The summed E-state index contributed by atoms with van der Waals surface area (Å²) in [4.78, 5) is 30.8. The monoisotopic (exact) mass is 314 g/mol. The minimum Gasteiger partial charge on any atom is -0.293 e. The average molecular weight is 314 g/mol. The normalized spacial score (nSPS) is 12.9. The van der Waals surface area contributed by atoms with Crippen molar-refractivity contribution in [2.75, 3.05) is 0 Å². The molecule has 1 aromatic carbocycles. The van der Waals surface area contributed by atoms with Crippen LogP contribution in [0.5, 0.6) is 0 Å². The molecule has 0 aliphatic carbocycles. The second-order valence-electron chi connectivity index (χ2n) is 5.42. The molecule has 3 aromatic rings. The molecule has 0 aliphatic rings. The highest BCUT2D eigenvalue weighted by Crippen LogP contribution is 2.22. The molecular formula is C17H18N2O2S. The van der Waals surface area contributed by atoms with Crippen LogP contribution in [0.2, 0.25) is 0 Å². The van der Waals surface area contributed by atoms with E-state index >= 15 is 0 Å². The Morgan fingerprint density at radius 3 is 2.64 bits per heavy atom. The molecule has 0 spiro atoms. The van der Waals surface area contributed by atoms with Crippen LogP contribution >= 0.6 is 11.3 Å². The van der Waals surface area contributed by atoms with Crippen LogP contribution in [0.3, 0.4) is 0 Å². The summed E-state index contributed by atoms with van der Waals surface area (Å²) in [6, 6.07) is 7.42. The average Bonchev–Trinajstić information content (AvgIpc) is 2.53. The molecule has 5 heteroatoms. The van der Waals surface area contributed by atoms with E-state index in [1.54, 1.807) is 10.6 Å². The van der Waals surface area contributed by atoms with Gasteiger partial charge in [-0.25, -0.2) is 4.98 Å². The third-order valence-corrected chi connectivity index (χ3v) is 5.13. The van der Waals surface area contributed by atoms with Gasteiger partial charge in [0.25, 0.3) is 5.56 Å². The lowest BCUT2D eigenvalue weighted by molar-refractivity contribution is 0.489. The minimum absolute atomic E-state index is 0.0372. The molecule has 0 amide bonds. The summed E-state index contributed by atoms with van der Waals surface area (Å²) in [6.45, 7) is 6.00. The number of aromatic nitrogens is 2. The Kier molecular flexibility index (Phi) is 3.83. The Hall–Kier alpha value is -2.01. The standard InChI is InChI=1S/C17H18N2O2S/c1-4-10(3)19-13(5-2)18-16-14(17(19)21)15(20)11-8-6-7-9-12(11)22-16/h6-10H,4-5H2,1-3H3/t10-/m1/s1. The van der Waals surface area contributed by atoms with Crippen molar-refractivity contribution in [2.45, 2.75) is 39.7 Å². The summed E-state index contributed by atoms with van der Waals surface area (Å²) < 4.78 is 2.56. The zero-order chi connectivity index (χ0) is 15.9. The van der Waals surface area contributed by atoms with Gasteiger partial charge >= 0.3 is 0 Å². The van der Waals surface area contributed by atoms with E-state index in [0.29, 0.717) is 16.6 Å². The van der Waals surface area contributed by atoms with Crippen LogP contribution < -0.4 is 11.0 Å². The first-order valence-electron chi connectivity index (χ1n) is 7.55. The Morgan fingerprint density at radius 1 is 1.23 bits per heavy atom. The quantitative estimate of drug-likeness (QED) is 0.695. The fourth-order valence-corrected chi connectivity index (χ4v) is 3.75. The molecule has 0 unspecified atom stereocenters. The van der Waals surface area contributed by atoms with Gasteiger partial charge in [-0.15, -0.1) is 11.3 Å².